The number of rotatable bonds is 7. The summed E-state index contributed by atoms with van der Waals surface area (Å²) in [7, 11) is 0. The molecule has 0 spiro atoms. The summed E-state index contributed by atoms with van der Waals surface area (Å²) in [5.74, 6) is -0.283. The molecule has 0 aliphatic carbocycles. The van der Waals surface area contributed by atoms with Crippen LogP contribution in [0.5, 0.6) is 0 Å². The Morgan fingerprint density at radius 3 is 1.18 bits per heavy atom. The summed E-state index contributed by atoms with van der Waals surface area (Å²) in [6.07, 6.45) is 0. The van der Waals surface area contributed by atoms with E-state index in [-0.39, 0.29) is 5.82 Å². The average Bonchev–Trinajstić information content (AvgIpc) is 3.11. The molecule has 0 amide bonds. The molecule has 0 aliphatic rings. The van der Waals surface area contributed by atoms with Gasteiger partial charge in [0.2, 0.25) is 0 Å². The van der Waals surface area contributed by atoms with Crippen molar-refractivity contribution in [2.75, 3.05) is 4.90 Å². The van der Waals surface area contributed by atoms with Gasteiger partial charge in [0.05, 0.1) is 5.69 Å². The van der Waals surface area contributed by atoms with Crippen LogP contribution >= 0.6 is 0 Å². The van der Waals surface area contributed by atoms with E-state index in [4.69, 9.17) is 0 Å². The molecule has 44 heavy (non-hydrogen) atoms. The van der Waals surface area contributed by atoms with Gasteiger partial charge >= 0.3 is 0 Å². The van der Waals surface area contributed by atoms with Crippen LogP contribution < -0.4 is 4.90 Å². The third-order valence-corrected chi connectivity index (χ3v) is 7.94. The van der Waals surface area contributed by atoms with Gasteiger partial charge in [0.25, 0.3) is 0 Å². The van der Waals surface area contributed by atoms with Crippen molar-refractivity contribution in [3.8, 4) is 44.5 Å². The summed E-state index contributed by atoms with van der Waals surface area (Å²) >= 11 is 0. The molecule has 0 saturated carbocycles. The Morgan fingerprint density at radius 1 is 0.318 bits per heavy atom. The minimum absolute atomic E-state index is 0.283. The van der Waals surface area contributed by atoms with Crippen LogP contribution in [-0.2, 0) is 0 Å². The first-order valence-electron chi connectivity index (χ1n) is 14.8. The van der Waals surface area contributed by atoms with Crippen LogP contribution in [0, 0.1) is 5.82 Å². The van der Waals surface area contributed by atoms with Crippen LogP contribution in [0.2, 0.25) is 0 Å². The lowest BCUT2D eigenvalue weighted by Crippen LogP contribution is -2.13. The number of benzene rings is 7. The molecular formula is C42H30FN. The molecule has 210 valence electrons. The van der Waals surface area contributed by atoms with E-state index in [2.05, 4.69) is 78.9 Å². The Kier molecular flexibility index (Phi) is 7.55. The summed E-state index contributed by atoms with van der Waals surface area (Å²) in [5, 5.41) is 0. The minimum atomic E-state index is -0.283. The summed E-state index contributed by atoms with van der Waals surface area (Å²) in [4.78, 5) is 2.02. The molecule has 0 bridgehead atoms. The molecule has 0 saturated heterocycles. The van der Waals surface area contributed by atoms with Gasteiger partial charge < -0.3 is 4.90 Å². The van der Waals surface area contributed by atoms with E-state index in [1.165, 1.54) is 11.1 Å². The second-order valence-corrected chi connectivity index (χ2v) is 10.7. The first kappa shape index (κ1) is 27.1. The van der Waals surface area contributed by atoms with E-state index in [0.717, 1.165) is 44.8 Å². The van der Waals surface area contributed by atoms with Gasteiger partial charge in [0.1, 0.15) is 5.82 Å². The first-order chi connectivity index (χ1) is 21.7. The van der Waals surface area contributed by atoms with Crippen LogP contribution in [0.1, 0.15) is 0 Å². The number of hydrogen-bond donors (Lipinski definition) is 0. The molecular weight excluding hydrogens is 537 g/mol. The fraction of sp³-hybridized carbons (Fsp3) is 0. The third kappa shape index (κ3) is 5.54. The zero-order valence-electron chi connectivity index (χ0n) is 24.1. The van der Waals surface area contributed by atoms with Crippen molar-refractivity contribution >= 4 is 17.1 Å². The van der Waals surface area contributed by atoms with Crippen molar-refractivity contribution in [3.63, 3.8) is 0 Å². The molecule has 0 unspecified atom stereocenters. The van der Waals surface area contributed by atoms with E-state index in [1.54, 1.807) is 6.07 Å². The maximum Gasteiger partial charge on any atom is 0.148 e. The number of hydrogen-bond acceptors (Lipinski definition) is 1. The second kappa shape index (κ2) is 12.2. The average molecular weight is 568 g/mol. The molecule has 0 fully saturated rings. The predicted octanol–water partition coefficient (Wildman–Crippen LogP) is 12.0. The van der Waals surface area contributed by atoms with Crippen LogP contribution in [0.25, 0.3) is 44.5 Å². The maximum atomic E-state index is 16.6. The van der Waals surface area contributed by atoms with E-state index < -0.39 is 0 Å². The van der Waals surface area contributed by atoms with Gasteiger partial charge in [-0.05, 0) is 75.3 Å². The summed E-state index contributed by atoms with van der Waals surface area (Å²) in [5.41, 5.74) is 10.5. The number of nitrogens with zero attached hydrogens (tertiary/aromatic N) is 1. The first-order valence-corrected chi connectivity index (χ1v) is 14.8. The van der Waals surface area contributed by atoms with E-state index in [9.17, 15) is 0 Å². The molecule has 2 heteroatoms. The maximum absolute atomic E-state index is 16.6. The molecule has 1 nitrogen and oxygen atoms in total. The van der Waals surface area contributed by atoms with Gasteiger partial charge in [-0.1, -0.05) is 146 Å². The van der Waals surface area contributed by atoms with Gasteiger partial charge in [-0.2, -0.15) is 0 Å². The molecule has 0 radical (unpaired) electrons. The lowest BCUT2D eigenvalue weighted by Gasteiger charge is -2.29. The molecule has 0 heterocycles. The van der Waals surface area contributed by atoms with Gasteiger partial charge in [-0.15, -0.1) is 0 Å². The summed E-state index contributed by atoms with van der Waals surface area (Å²) < 4.78 is 16.6. The van der Waals surface area contributed by atoms with Gasteiger partial charge in [0.15, 0.2) is 0 Å². The lowest BCUT2D eigenvalue weighted by atomic mass is 9.95. The van der Waals surface area contributed by atoms with Gasteiger partial charge in [-0.25, -0.2) is 4.39 Å². The van der Waals surface area contributed by atoms with Crippen molar-refractivity contribution < 1.29 is 4.39 Å². The van der Waals surface area contributed by atoms with Crippen molar-refractivity contribution in [2.24, 2.45) is 0 Å². The van der Waals surface area contributed by atoms with Crippen molar-refractivity contribution in [1.29, 1.82) is 0 Å². The Labute approximate surface area is 258 Å². The zero-order chi connectivity index (χ0) is 29.7. The zero-order valence-corrected chi connectivity index (χ0v) is 24.1. The molecule has 7 aromatic carbocycles. The fourth-order valence-corrected chi connectivity index (χ4v) is 5.73. The second-order valence-electron chi connectivity index (χ2n) is 10.7. The lowest BCUT2D eigenvalue weighted by molar-refractivity contribution is 0.630. The van der Waals surface area contributed by atoms with E-state index in [0.29, 0.717) is 5.69 Å². The van der Waals surface area contributed by atoms with E-state index in [1.807, 2.05) is 102 Å². The van der Waals surface area contributed by atoms with Crippen molar-refractivity contribution in [1.82, 2.24) is 0 Å². The standard InChI is InChI=1S/C42H30FN/c43-41-30-37(32-15-7-2-8-16-32)29-40(36-17-9-3-10-18-36)42(41)44(38-19-11-4-12-20-38)39-27-25-35(26-28-39)34-23-21-33(22-24-34)31-13-5-1-6-14-31/h1-30H. The quantitative estimate of drug-likeness (QED) is 0.185. The fourth-order valence-electron chi connectivity index (χ4n) is 5.73. The normalized spacial score (nSPS) is 10.8. The molecule has 0 N–H and O–H groups in total. The van der Waals surface area contributed by atoms with Crippen LogP contribution in [-0.4, -0.2) is 0 Å². The summed E-state index contributed by atoms with van der Waals surface area (Å²) in [6.45, 7) is 0. The van der Waals surface area contributed by atoms with Gasteiger partial charge in [0, 0.05) is 16.9 Å². The van der Waals surface area contributed by atoms with E-state index >= 15 is 4.39 Å². The van der Waals surface area contributed by atoms with Crippen molar-refractivity contribution in [3.05, 3.63) is 188 Å². The highest BCUT2D eigenvalue weighted by molar-refractivity contribution is 5.91. The van der Waals surface area contributed by atoms with Crippen LogP contribution in [0.4, 0.5) is 21.5 Å². The molecule has 7 aromatic rings. The molecule has 0 aliphatic heterocycles. The molecule has 0 aromatic heterocycles. The third-order valence-electron chi connectivity index (χ3n) is 7.94. The van der Waals surface area contributed by atoms with Crippen LogP contribution in [0.15, 0.2) is 182 Å². The SMILES string of the molecule is Fc1cc(-c2ccccc2)cc(-c2ccccc2)c1N(c1ccccc1)c1ccc(-c2ccc(-c3ccccc3)cc2)cc1. The Morgan fingerprint density at radius 2 is 0.682 bits per heavy atom. The molecule has 7 rings (SSSR count). The smallest absolute Gasteiger partial charge is 0.148 e. The largest absolute Gasteiger partial charge is 0.307 e. The highest BCUT2D eigenvalue weighted by atomic mass is 19.1. The highest BCUT2D eigenvalue weighted by Crippen LogP contribution is 2.44. The topological polar surface area (TPSA) is 3.24 Å². The Bertz CT molecular complexity index is 1970. The predicted molar refractivity (Wildman–Crippen MR) is 183 cm³/mol. The highest BCUT2D eigenvalue weighted by Gasteiger charge is 2.22. The number of anilines is 3. The molecule has 0 atom stereocenters. The van der Waals surface area contributed by atoms with Gasteiger partial charge in [-0.3, -0.25) is 0 Å². The number of halogens is 1. The Balaban J connectivity index is 1.33. The monoisotopic (exact) mass is 567 g/mol. The number of para-hydroxylation sites is 1. The van der Waals surface area contributed by atoms with Crippen LogP contribution in [0.3, 0.4) is 0 Å². The minimum Gasteiger partial charge on any atom is -0.307 e. The van der Waals surface area contributed by atoms with Crippen molar-refractivity contribution in [2.45, 2.75) is 0 Å². The Hall–Kier alpha value is -5.73. The summed E-state index contributed by atoms with van der Waals surface area (Å²) in [6, 6.07) is 61.2.